The van der Waals surface area contributed by atoms with Crippen LogP contribution < -0.4 is 4.74 Å². The molecule has 8 heteroatoms. The van der Waals surface area contributed by atoms with Gasteiger partial charge in [0.2, 0.25) is 5.91 Å². The first-order chi connectivity index (χ1) is 17.1. The van der Waals surface area contributed by atoms with Crippen LogP contribution in [0.2, 0.25) is 0 Å². The largest absolute Gasteiger partial charge is 0.491 e. The molecule has 1 atom stereocenters. The van der Waals surface area contributed by atoms with Gasteiger partial charge in [0, 0.05) is 11.4 Å². The maximum absolute atomic E-state index is 13.7. The summed E-state index contributed by atoms with van der Waals surface area (Å²) in [5.41, 5.74) is 2.29. The average Bonchev–Trinajstić information content (AvgIpc) is 3.65. The highest BCUT2D eigenvalue weighted by atomic mass is 32.1. The fourth-order valence-electron chi connectivity index (χ4n) is 4.28. The topological polar surface area (TPSA) is 63.0 Å². The SMILES string of the molecule is Cc1ccc(OC[C@@H]2c3ccsc3CCN2C(=O)CN(Cc2ccco2)C(=O)c2cccs2)cc1. The summed E-state index contributed by atoms with van der Waals surface area (Å²) in [6.07, 6.45) is 2.38. The van der Waals surface area contributed by atoms with Gasteiger partial charge >= 0.3 is 0 Å². The van der Waals surface area contributed by atoms with Crippen molar-refractivity contribution in [3.63, 3.8) is 0 Å². The summed E-state index contributed by atoms with van der Waals surface area (Å²) < 4.78 is 11.6. The van der Waals surface area contributed by atoms with Gasteiger partial charge in [0.05, 0.1) is 23.7 Å². The van der Waals surface area contributed by atoms with Gasteiger partial charge in [-0.3, -0.25) is 9.59 Å². The van der Waals surface area contributed by atoms with Crippen molar-refractivity contribution in [3.8, 4) is 5.75 Å². The molecule has 6 nitrogen and oxygen atoms in total. The molecule has 0 saturated carbocycles. The molecule has 1 aromatic carbocycles. The van der Waals surface area contributed by atoms with Gasteiger partial charge in [-0.2, -0.15) is 0 Å². The monoisotopic (exact) mass is 506 g/mol. The molecule has 0 N–H and O–H groups in total. The third kappa shape index (κ3) is 5.33. The fraction of sp³-hybridized carbons (Fsp3) is 0.259. The van der Waals surface area contributed by atoms with Crippen molar-refractivity contribution in [2.45, 2.75) is 25.9 Å². The smallest absolute Gasteiger partial charge is 0.264 e. The Balaban J connectivity index is 1.35. The fourth-order valence-corrected chi connectivity index (χ4v) is 5.90. The molecule has 4 aromatic rings. The lowest BCUT2D eigenvalue weighted by Gasteiger charge is -2.37. The Hall–Kier alpha value is -3.36. The first-order valence-corrected chi connectivity index (χ1v) is 13.2. The normalized spacial score (nSPS) is 15.0. The minimum absolute atomic E-state index is 0.0298. The highest BCUT2D eigenvalue weighted by Gasteiger charge is 2.34. The number of fused-ring (bicyclic) bond motifs is 1. The van der Waals surface area contributed by atoms with Crippen molar-refractivity contribution in [3.05, 3.63) is 98.3 Å². The van der Waals surface area contributed by atoms with E-state index in [1.807, 2.05) is 53.6 Å². The molecule has 3 aromatic heterocycles. The molecule has 0 bridgehead atoms. The molecule has 0 unspecified atom stereocenters. The quantitative estimate of drug-likeness (QED) is 0.314. The average molecular weight is 507 g/mol. The first-order valence-electron chi connectivity index (χ1n) is 11.5. The Kier molecular flexibility index (Phi) is 7.01. The minimum atomic E-state index is -0.207. The van der Waals surface area contributed by atoms with Crippen LogP contribution in [0.4, 0.5) is 0 Å². The van der Waals surface area contributed by atoms with Crippen LogP contribution in [0.15, 0.2) is 76.0 Å². The van der Waals surface area contributed by atoms with Gasteiger partial charge in [0.1, 0.15) is 24.7 Å². The molecule has 0 aliphatic carbocycles. The van der Waals surface area contributed by atoms with Gasteiger partial charge in [-0.15, -0.1) is 22.7 Å². The van der Waals surface area contributed by atoms with Crippen LogP contribution in [-0.4, -0.2) is 41.3 Å². The molecule has 0 radical (unpaired) electrons. The number of furan rings is 1. The summed E-state index contributed by atoms with van der Waals surface area (Å²) in [7, 11) is 0. The van der Waals surface area contributed by atoms with E-state index >= 15 is 0 Å². The maximum Gasteiger partial charge on any atom is 0.264 e. The van der Waals surface area contributed by atoms with Crippen molar-refractivity contribution in [1.29, 1.82) is 0 Å². The molecule has 2 amide bonds. The summed E-state index contributed by atoms with van der Waals surface area (Å²) in [4.78, 5) is 32.2. The second-order valence-electron chi connectivity index (χ2n) is 8.49. The number of carbonyl (C=O) groups is 2. The Morgan fingerprint density at radius 2 is 1.94 bits per heavy atom. The van der Waals surface area contributed by atoms with Gasteiger partial charge in [0.15, 0.2) is 0 Å². The van der Waals surface area contributed by atoms with E-state index in [0.29, 0.717) is 23.8 Å². The minimum Gasteiger partial charge on any atom is -0.491 e. The molecule has 35 heavy (non-hydrogen) atoms. The van der Waals surface area contributed by atoms with Crippen LogP contribution in [-0.2, 0) is 17.8 Å². The number of hydrogen-bond acceptors (Lipinski definition) is 6. The van der Waals surface area contributed by atoms with Gasteiger partial charge in [-0.1, -0.05) is 23.8 Å². The Morgan fingerprint density at radius 3 is 2.69 bits per heavy atom. The van der Waals surface area contributed by atoms with E-state index in [-0.39, 0.29) is 30.9 Å². The summed E-state index contributed by atoms with van der Waals surface area (Å²) in [5.74, 6) is 1.14. The van der Waals surface area contributed by atoms with Crippen LogP contribution in [0.5, 0.6) is 5.75 Å². The van der Waals surface area contributed by atoms with Gasteiger partial charge in [-0.05, 0) is 66.1 Å². The molecule has 0 fully saturated rings. The van der Waals surface area contributed by atoms with Crippen molar-refractivity contribution in [2.24, 2.45) is 0 Å². The zero-order chi connectivity index (χ0) is 24.2. The van der Waals surface area contributed by atoms with E-state index in [1.165, 1.54) is 21.8 Å². The number of hydrogen-bond donors (Lipinski definition) is 0. The number of aryl methyl sites for hydroxylation is 1. The number of benzene rings is 1. The Labute approximate surface area is 212 Å². The molecule has 0 saturated heterocycles. The zero-order valence-electron chi connectivity index (χ0n) is 19.4. The number of thiophene rings is 2. The Morgan fingerprint density at radius 1 is 1.09 bits per heavy atom. The predicted octanol–water partition coefficient (Wildman–Crippen LogP) is 5.56. The van der Waals surface area contributed by atoms with Crippen LogP contribution in [0.25, 0.3) is 0 Å². The lowest BCUT2D eigenvalue weighted by atomic mass is 10.0. The zero-order valence-corrected chi connectivity index (χ0v) is 21.0. The number of rotatable bonds is 8. The maximum atomic E-state index is 13.7. The van der Waals surface area contributed by atoms with Crippen LogP contribution >= 0.6 is 22.7 Å². The second kappa shape index (κ2) is 10.5. The first kappa shape index (κ1) is 23.4. The van der Waals surface area contributed by atoms with Crippen LogP contribution in [0.1, 0.15) is 37.5 Å². The molecular formula is C27H26N2O4S2. The van der Waals surface area contributed by atoms with Crippen molar-refractivity contribution < 1.29 is 18.7 Å². The third-order valence-corrected chi connectivity index (χ3v) is 7.97. The van der Waals surface area contributed by atoms with Crippen LogP contribution in [0, 0.1) is 6.92 Å². The van der Waals surface area contributed by atoms with E-state index in [4.69, 9.17) is 9.15 Å². The number of ether oxygens (including phenoxy) is 1. The summed E-state index contributed by atoms with van der Waals surface area (Å²) in [5, 5.41) is 3.93. The molecule has 0 spiro atoms. The molecule has 1 aliphatic rings. The third-order valence-electron chi connectivity index (χ3n) is 6.12. The number of amides is 2. The van der Waals surface area contributed by atoms with Crippen molar-refractivity contribution in [2.75, 3.05) is 19.7 Å². The summed E-state index contributed by atoms with van der Waals surface area (Å²) in [6, 6.07) is 17.0. The highest BCUT2D eigenvalue weighted by molar-refractivity contribution is 7.12. The van der Waals surface area contributed by atoms with Crippen molar-refractivity contribution >= 4 is 34.5 Å². The van der Waals surface area contributed by atoms with E-state index < -0.39 is 0 Å². The molecule has 1 aliphatic heterocycles. The molecular weight excluding hydrogens is 480 g/mol. The van der Waals surface area contributed by atoms with Gasteiger partial charge in [-0.25, -0.2) is 0 Å². The lowest BCUT2D eigenvalue weighted by molar-refractivity contribution is -0.135. The Bertz CT molecular complexity index is 1260. The summed E-state index contributed by atoms with van der Waals surface area (Å²) in [6.45, 7) is 3.19. The molecule has 180 valence electrons. The number of nitrogens with zero attached hydrogens (tertiary/aromatic N) is 2. The van der Waals surface area contributed by atoms with E-state index in [1.54, 1.807) is 34.6 Å². The van der Waals surface area contributed by atoms with E-state index in [2.05, 4.69) is 11.4 Å². The second-order valence-corrected chi connectivity index (χ2v) is 10.4. The van der Waals surface area contributed by atoms with Crippen LogP contribution in [0.3, 0.4) is 0 Å². The van der Waals surface area contributed by atoms with Gasteiger partial charge in [0.25, 0.3) is 5.91 Å². The molecule has 4 heterocycles. The molecule has 5 rings (SSSR count). The van der Waals surface area contributed by atoms with E-state index in [0.717, 1.165) is 17.7 Å². The summed E-state index contributed by atoms with van der Waals surface area (Å²) >= 11 is 3.09. The highest BCUT2D eigenvalue weighted by Crippen LogP contribution is 2.34. The van der Waals surface area contributed by atoms with Gasteiger partial charge < -0.3 is 19.0 Å². The van der Waals surface area contributed by atoms with Crippen molar-refractivity contribution in [1.82, 2.24) is 9.80 Å². The number of carbonyl (C=O) groups excluding carboxylic acids is 2. The predicted molar refractivity (Wildman–Crippen MR) is 137 cm³/mol. The lowest BCUT2D eigenvalue weighted by Crippen LogP contribution is -2.47. The standard InChI is InChI=1S/C27H26N2O4S2/c1-19-6-8-20(9-7-19)33-18-23-22-11-15-35-24(22)10-12-29(23)26(30)17-28(16-21-4-2-13-32-21)27(31)25-5-3-14-34-25/h2-9,11,13-15,23H,10,12,16-18H2,1H3/t23-/m1/s1. The van der Waals surface area contributed by atoms with E-state index in [9.17, 15) is 9.59 Å².